The molecule has 0 aromatic carbocycles. The standard InChI is InChI=1S/C12H18ClN3O/c1-3-4-16(5-6-17-2)12-11(13)7-10(8-14)9-15-12/h3,7,9H,1,4-6,8,14H2,2H3. The molecular weight excluding hydrogens is 238 g/mol. The zero-order valence-electron chi connectivity index (χ0n) is 10.0. The second kappa shape index (κ2) is 7.27. The Hall–Kier alpha value is -1.10. The van der Waals surface area contributed by atoms with Gasteiger partial charge in [0.1, 0.15) is 5.82 Å². The number of halogens is 1. The second-order valence-corrected chi connectivity index (χ2v) is 3.99. The first-order valence-corrected chi connectivity index (χ1v) is 5.80. The third-order valence-electron chi connectivity index (χ3n) is 2.33. The molecule has 4 nitrogen and oxygen atoms in total. The molecule has 0 spiro atoms. The minimum absolute atomic E-state index is 0.437. The number of hydrogen-bond donors (Lipinski definition) is 1. The molecule has 1 rings (SSSR count). The summed E-state index contributed by atoms with van der Waals surface area (Å²) in [4.78, 5) is 6.34. The quantitative estimate of drug-likeness (QED) is 0.756. The van der Waals surface area contributed by atoms with Gasteiger partial charge < -0.3 is 15.4 Å². The number of nitrogens with zero attached hydrogens (tertiary/aromatic N) is 2. The maximum absolute atomic E-state index is 6.18. The van der Waals surface area contributed by atoms with E-state index in [0.717, 1.165) is 17.9 Å². The van der Waals surface area contributed by atoms with Gasteiger partial charge in [0.15, 0.2) is 0 Å². The van der Waals surface area contributed by atoms with E-state index in [1.165, 1.54) is 0 Å². The summed E-state index contributed by atoms with van der Waals surface area (Å²) >= 11 is 6.18. The number of anilines is 1. The molecule has 0 unspecified atom stereocenters. The number of pyridine rings is 1. The molecule has 1 aromatic rings. The molecule has 1 heterocycles. The number of ether oxygens (including phenoxy) is 1. The summed E-state index contributed by atoms with van der Waals surface area (Å²) in [6.07, 6.45) is 3.55. The zero-order valence-corrected chi connectivity index (χ0v) is 10.8. The summed E-state index contributed by atoms with van der Waals surface area (Å²) < 4.78 is 5.06. The Balaban J connectivity index is 2.88. The molecule has 0 amide bonds. The van der Waals surface area contributed by atoms with E-state index in [1.807, 2.05) is 17.0 Å². The van der Waals surface area contributed by atoms with Gasteiger partial charge in [-0.15, -0.1) is 6.58 Å². The van der Waals surface area contributed by atoms with Crippen molar-refractivity contribution in [3.8, 4) is 0 Å². The average Bonchev–Trinajstić information content (AvgIpc) is 2.34. The lowest BCUT2D eigenvalue weighted by atomic mass is 10.3. The van der Waals surface area contributed by atoms with Gasteiger partial charge in [-0.1, -0.05) is 17.7 Å². The molecule has 0 aliphatic heterocycles. The van der Waals surface area contributed by atoms with Crippen LogP contribution in [0, 0.1) is 0 Å². The molecular formula is C12H18ClN3O. The minimum atomic E-state index is 0.437. The summed E-state index contributed by atoms with van der Waals surface area (Å²) in [5.41, 5.74) is 6.46. The lowest BCUT2D eigenvalue weighted by Gasteiger charge is -2.22. The van der Waals surface area contributed by atoms with Crippen molar-refractivity contribution in [2.75, 3.05) is 31.7 Å². The van der Waals surface area contributed by atoms with Crippen molar-refractivity contribution in [3.05, 3.63) is 35.5 Å². The Labute approximate surface area is 107 Å². The molecule has 0 fully saturated rings. The molecule has 17 heavy (non-hydrogen) atoms. The van der Waals surface area contributed by atoms with Gasteiger partial charge in [-0.05, 0) is 11.6 Å². The monoisotopic (exact) mass is 255 g/mol. The summed E-state index contributed by atoms with van der Waals surface area (Å²) in [6, 6.07) is 1.84. The van der Waals surface area contributed by atoms with E-state index in [-0.39, 0.29) is 0 Å². The topological polar surface area (TPSA) is 51.4 Å². The average molecular weight is 256 g/mol. The van der Waals surface area contributed by atoms with Crippen LogP contribution < -0.4 is 10.6 Å². The fourth-order valence-corrected chi connectivity index (χ4v) is 1.76. The third kappa shape index (κ3) is 4.00. The molecule has 0 atom stereocenters. The summed E-state index contributed by atoms with van der Waals surface area (Å²) in [5, 5.41) is 0.603. The highest BCUT2D eigenvalue weighted by Crippen LogP contribution is 2.23. The Bertz CT molecular complexity index is 371. The zero-order chi connectivity index (χ0) is 12.7. The van der Waals surface area contributed by atoms with Crippen LogP contribution in [0.5, 0.6) is 0 Å². The Morgan fingerprint density at radius 2 is 2.41 bits per heavy atom. The summed E-state index contributed by atoms with van der Waals surface area (Å²) in [6.45, 7) is 6.17. The number of nitrogens with two attached hydrogens (primary N) is 1. The predicted octanol–water partition coefficient (Wildman–Crippen LogP) is 1.83. The normalized spacial score (nSPS) is 10.3. The van der Waals surface area contributed by atoms with Crippen LogP contribution in [0.4, 0.5) is 5.82 Å². The maximum Gasteiger partial charge on any atom is 0.147 e. The van der Waals surface area contributed by atoms with Crippen molar-refractivity contribution < 1.29 is 4.74 Å². The highest BCUT2D eigenvalue weighted by atomic mass is 35.5. The molecule has 1 aromatic heterocycles. The molecule has 94 valence electrons. The van der Waals surface area contributed by atoms with Gasteiger partial charge in [0.2, 0.25) is 0 Å². The van der Waals surface area contributed by atoms with Crippen molar-refractivity contribution in [2.24, 2.45) is 5.73 Å². The van der Waals surface area contributed by atoms with E-state index < -0.39 is 0 Å². The molecule has 0 saturated carbocycles. The third-order valence-corrected chi connectivity index (χ3v) is 2.61. The van der Waals surface area contributed by atoms with Crippen LogP contribution in [-0.2, 0) is 11.3 Å². The molecule has 2 N–H and O–H groups in total. The first kappa shape index (κ1) is 14.0. The predicted molar refractivity (Wildman–Crippen MR) is 71.4 cm³/mol. The van der Waals surface area contributed by atoms with Crippen molar-refractivity contribution >= 4 is 17.4 Å². The van der Waals surface area contributed by atoms with Crippen LogP contribution >= 0.6 is 11.6 Å². The highest BCUT2D eigenvalue weighted by Gasteiger charge is 2.10. The van der Waals surface area contributed by atoms with Crippen molar-refractivity contribution in [2.45, 2.75) is 6.54 Å². The Morgan fingerprint density at radius 1 is 1.65 bits per heavy atom. The molecule has 0 saturated heterocycles. The van der Waals surface area contributed by atoms with Gasteiger partial charge in [0.25, 0.3) is 0 Å². The van der Waals surface area contributed by atoms with Gasteiger partial charge in [-0.2, -0.15) is 0 Å². The van der Waals surface area contributed by atoms with Crippen molar-refractivity contribution in [1.29, 1.82) is 0 Å². The van der Waals surface area contributed by atoms with Gasteiger partial charge in [0.05, 0.1) is 11.6 Å². The number of methoxy groups -OCH3 is 1. The molecule has 0 radical (unpaired) electrons. The van der Waals surface area contributed by atoms with Gasteiger partial charge in [0, 0.05) is 32.9 Å². The van der Waals surface area contributed by atoms with Crippen LogP contribution in [0.3, 0.4) is 0 Å². The van der Waals surface area contributed by atoms with E-state index in [2.05, 4.69) is 11.6 Å². The molecule has 0 aliphatic rings. The van der Waals surface area contributed by atoms with Crippen LogP contribution in [0.1, 0.15) is 5.56 Å². The van der Waals surface area contributed by atoms with E-state index in [4.69, 9.17) is 22.1 Å². The smallest absolute Gasteiger partial charge is 0.147 e. The second-order valence-electron chi connectivity index (χ2n) is 3.58. The van der Waals surface area contributed by atoms with Gasteiger partial charge >= 0.3 is 0 Å². The minimum Gasteiger partial charge on any atom is -0.383 e. The van der Waals surface area contributed by atoms with Gasteiger partial charge in [-0.3, -0.25) is 0 Å². The maximum atomic E-state index is 6.18. The largest absolute Gasteiger partial charge is 0.383 e. The molecule has 0 aliphatic carbocycles. The Morgan fingerprint density at radius 3 is 2.94 bits per heavy atom. The Kier molecular flexibility index (Phi) is 5.97. The van der Waals surface area contributed by atoms with Crippen LogP contribution in [0.25, 0.3) is 0 Å². The molecule has 5 heteroatoms. The van der Waals surface area contributed by atoms with Crippen LogP contribution in [-0.4, -0.2) is 31.8 Å². The number of aromatic nitrogens is 1. The highest BCUT2D eigenvalue weighted by molar-refractivity contribution is 6.33. The first-order chi connectivity index (χ1) is 8.22. The van der Waals surface area contributed by atoms with Crippen LogP contribution in [0.15, 0.2) is 24.9 Å². The fourth-order valence-electron chi connectivity index (χ4n) is 1.46. The lowest BCUT2D eigenvalue weighted by Crippen LogP contribution is -2.28. The number of hydrogen-bond acceptors (Lipinski definition) is 4. The SMILES string of the molecule is C=CCN(CCOC)c1ncc(CN)cc1Cl. The summed E-state index contributed by atoms with van der Waals surface area (Å²) in [7, 11) is 1.67. The molecule has 0 bridgehead atoms. The summed E-state index contributed by atoms with van der Waals surface area (Å²) in [5.74, 6) is 0.737. The van der Waals surface area contributed by atoms with E-state index in [9.17, 15) is 0 Å². The fraction of sp³-hybridized carbons (Fsp3) is 0.417. The van der Waals surface area contributed by atoms with Crippen LogP contribution in [0.2, 0.25) is 5.02 Å². The van der Waals surface area contributed by atoms with E-state index in [1.54, 1.807) is 13.3 Å². The lowest BCUT2D eigenvalue weighted by molar-refractivity contribution is 0.205. The van der Waals surface area contributed by atoms with Crippen molar-refractivity contribution in [3.63, 3.8) is 0 Å². The van der Waals surface area contributed by atoms with E-state index >= 15 is 0 Å². The van der Waals surface area contributed by atoms with E-state index in [0.29, 0.717) is 24.7 Å². The first-order valence-electron chi connectivity index (χ1n) is 5.42. The van der Waals surface area contributed by atoms with Crippen molar-refractivity contribution in [1.82, 2.24) is 4.98 Å². The number of rotatable bonds is 7. The van der Waals surface area contributed by atoms with Gasteiger partial charge in [-0.25, -0.2) is 4.98 Å².